The molecule has 6 nitrogen and oxygen atoms in total. The van der Waals surface area contributed by atoms with E-state index in [-0.39, 0.29) is 25.4 Å². The first-order valence-corrected chi connectivity index (χ1v) is 13.9. The molecule has 1 amide bonds. The smallest absolute Gasteiger partial charge is 0.251 e. The van der Waals surface area contributed by atoms with Gasteiger partial charge >= 0.3 is 0 Å². The quantitative estimate of drug-likeness (QED) is 0.150. The molecular weight excluding hydrogens is 546 g/mol. The van der Waals surface area contributed by atoms with Crippen LogP contribution in [0.3, 0.4) is 0 Å². The Hall–Kier alpha value is -3.46. The molecule has 0 fully saturated rings. The van der Waals surface area contributed by atoms with E-state index in [1.165, 1.54) is 17.7 Å². The Bertz CT molecular complexity index is 1440. The number of halogens is 3. The highest BCUT2D eigenvalue weighted by atomic mass is 35.5. The van der Waals surface area contributed by atoms with E-state index in [0.717, 1.165) is 48.3 Å². The number of hydrogen-bond donors (Lipinski definition) is 4. The summed E-state index contributed by atoms with van der Waals surface area (Å²) in [4.78, 5) is 13.4. The van der Waals surface area contributed by atoms with Crippen LogP contribution >= 0.6 is 12.4 Å². The molecule has 0 aliphatic carbocycles. The topological polar surface area (TPSA) is 92.3 Å². The van der Waals surface area contributed by atoms with Gasteiger partial charge in [0.15, 0.2) is 0 Å². The lowest BCUT2D eigenvalue weighted by atomic mass is 9.99. The van der Waals surface area contributed by atoms with Gasteiger partial charge in [0.25, 0.3) is 5.91 Å². The van der Waals surface area contributed by atoms with E-state index in [9.17, 15) is 18.7 Å². The number of benzene rings is 3. The zero-order chi connectivity index (χ0) is 28.6. The molecule has 1 aromatic heterocycles. The third-order valence-electron chi connectivity index (χ3n) is 7.18. The Kier molecular flexibility index (Phi) is 11.7. The maximum absolute atomic E-state index is 13.9. The molecule has 0 aliphatic heterocycles. The fraction of sp³-hybridized carbons (Fsp3) is 0.344. The molecule has 9 heteroatoms. The highest BCUT2D eigenvalue weighted by Crippen LogP contribution is 2.25. The Morgan fingerprint density at radius 3 is 2.44 bits per heavy atom. The fourth-order valence-electron chi connectivity index (χ4n) is 4.96. The summed E-state index contributed by atoms with van der Waals surface area (Å²) in [6.07, 6.45) is 3.93. The molecule has 0 unspecified atom stereocenters. The van der Waals surface area contributed by atoms with Crippen LogP contribution in [0.1, 0.15) is 53.7 Å². The Labute approximate surface area is 246 Å². The minimum Gasteiger partial charge on any atom is -0.398 e. The number of carbonyl (C=O) groups is 1. The van der Waals surface area contributed by atoms with Crippen LogP contribution in [-0.4, -0.2) is 34.3 Å². The number of amides is 1. The van der Waals surface area contributed by atoms with Gasteiger partial charge in [0.05, 0.1) is 17.7 Å². The van der Waals surface area contributed by atoms with Gasteiger partial charge in [-0.05, 0) is 66.3 Å². The van der Waals surface area contributed by atoms with Crippen LogP contribution in [-0.2, 0) is 25.9 Å². The van der Waals surface area contributed by atoms with Crippen molar-refractivity contribution < 1.29 is 18.7 Å². The largest absolute Gasteiger partial charge is 0.398 e. The molecule has 4 rings (SSSR count). The third-order valence-corrected chi connectivity index (χ3v) is 7.18. The van der Waals surface area contributed by atoms with Gasteiger partial charge in [-0.3, -0.25) is 4.79 Å². The number of aromatic nitrogens is 1. The van der Waals surface area contributed by atoms with E-state index in [4.69, 9.17) is 5.73 Å². The highest BCUT2D eigenvalue weighted by molar-refractivity contribution is 6.02. The standard InChI is InChI=1S/C32H38F2N4O2.ClH/c1-3-5-10-38-11-9-27-28(35)16-24(17-30(27)38)32(40)37-29(15-23-13-25(33)18-26(34)14-23)31(39)20-36-19-22-8-6-7-21(4-2)12-22;/h6-9,11-14,16-18,29,31,36,39H,3-5,10,15,19-20,35H2,1-2H3,(H,37,40);1H/t29-,31-;/m0./s1. The van der Waals surface area contributed by atoms with E-state index >= 15 is 0 Å². The van der Waals surface area contributed by atoms with Gasteiger partial charge in [0.1, 0.15) is 11.6 Å². The molecule has 3 aromatic carbocycles. The predicted molar refractivity (Wildman–Crippen MR) is 163 cm³/mol. The minimum absolute atomic E-state index is 0. The molecule has 2 atom stereocenters. The van der Waals surface area contributed by atoms with Gasteiger partial charge in [-0.25, -0.2) is 8.78 Å². The van der Waals surface area contributed by atoms with E-state index < -0.39 is 29.7 Å². The molecule has 0 spiro atoms. The number of carbonyl (C=O) groups excluding carboxylic acids is 1. The number of aliphatic hydroxyl groups excluding tert-OH is 1. The summed E-state index contributed by atoms with van der Waals surface area (Å²) in [5, 5.41) is 18.1. The number of nitrogens with two attached hydrogens (primary N) is 1. The van der Waals surface area contributed by atoms with E-state index in [0.29, 0.717) is 23.4 Å². The van der Waals surface area contributed by atoms with Crippen molar-refractivity contribution in [2.45, 2.75) is 64.8 Å². The van der Waals surface area contributed by atoms with Crippen LogP contribution < -0.4 is 16.4 Å². The van der Waals surface area contributed by atoms with Crippen molar-refractivity contribution in [2.75, 3.05) is 12.3 Å². The normalized spacial score (nSPS) is 12.6. The Balaban J connectivity index is 0.00000462. The van der Waals surface area contributed by atoms with Crippen LogP contribution in [0.5, 0.6) is 0 Å². The summed E-state index contributed by atoms with van der Waals surface area (Å²) in [5.41, 5.74) is 10.6. The number of aryl methyl sites for hydroxylation is 2. The number of aliphatic hydroxyl groups is 1. The van der Waals surface area contributed by atoms with Crippen LogP contribution in [0.2, 0.25) is 0 Å². The SMILES string of the molecule is CCCCn1ccc2c(N)cc(C(=O)N[C@@H](Cc3cc(F)cc(F)c3)[C@@H](O)CNCc3cccc(CC)c3)cc21.Cl. The number of nitrogens with zero attached hydrogens (tertiary/aromatic N) is 1. The maximum atomic E-state index is 13.9. The monoisotopic (exact) mass is 584 g/mol. The van der Waals surface area contributed by atoms with Gasteiger partial charge in [0, 0.05) is 48.5 Å². The second-order valence-electron chi connectivity index (χ2n) is 10.3. The maximum Gasteiger partial charge on any atom is 0.251 e. The number of rotatable bonds is 13. The summed E-state index contributed by atoms with van der Waals surface area (Å²) in [6, 6.07) is 15.9. The fourth-order valence-corrected chi connectivity index (χ4v) is 4.96. The number of nitrogen functional groups attached to an aromatic ring is 1. The second kappa shape index (κ2) is 15.0. The van der Waals surface area contributed by atoms with Crippen molar-refractivity contribution >= 4 is 34.9 Å². The molecule has 0 saturated heterocycles. The molecule has 5 N–H and O–H groups in total. The zero-order valence-corrected chi connectivity index (χ0v) is 24.3. The first-order chi connectivity index (χ1) is 19.3. The van der Waals surface area contributed by atoms with Crippen molar-refractivity contribution in [3.8, 4) is 0 Å². The molecule has 0 aliphatic rings. The lowest BCUT2D eigenvalue weighted by Gasteiger charge is -2.25. The summed E-state index contributed by atoms with van der Waals surface area (Å²) in [6.45, 7) is 5.71. The van der Waals surface area contributed by atoms with Crippen LogP contribution in [0, 0.1) is 11.6 Å². The molecule has 0 saturated carbocycles. The van der Waals surface area contributed by atoms with Crippen LogP contribution in [0.25, 0.3) is 10.9 Å². The number of hydrogen-bond acceptors (Lipinski definition) is 4. The van der Waals surface area contributed by atoms with E-state index in [2.05, 4.69) is 41.2 Å². The number of fused-ring (bicyclic) bond motifs is 1. The molecule has 1 heterocycles. The average molecular weight is 585 g/mol. The number of anilines is 1. The Morgan fingerprint density at radius 1 is 1.00 bits per heavy atom. The first-order valence-electron chi connectivity index (χ1n) is 13.9. The molecule has 0 radical (unpaired) electrons. The zero-order valence-electron chi connectivity index (χ0n) is 23.5. The predicted octanol–water partition coefficient (Wildman–Crippen LogP) is 5.78. The van der Waals surface area contributed by atoms with Gasteiger partial charge in [-0.2, -0.15) is 0 Å². The van der Waals surface area contributed by atoms with Crippen LogP contribution in [0.15, 0.2) is 66.9 Å². The summed E-state index contributed by atoms with van der Waals surface area (Å²) >= 11 is 0. The van der Waals surface area contributed by atoms with Gasteiger partial charge < -0.3 is 26.0 Å². The van der Waals surface area contributed by atoms with E-state index in [1.807, 2.05) is 24.4 Å². The number of unbranched alkanes of at least 4 members (excludes halogenated alkanes) is 1. The Morgan fingerprint density at radius 2 is 1.73 bits per heavy atom. The lowest BCUT2D eigenvalue weighted by Crippen LogP contribution is -2.48. The van der Waals surface area contributed by atoms with Gasteiger partial charge in [-0.1, -0.05) is 44.5 Å². The third kappa shape index (κ3) is 8.52. The molecular formula is C32H39ClF2N4O2. The lowest BCUT2D eigenvalue weighted by molar-refractivity contribution is 0.0830. The highest BCUT2D eigenvalue weighted by Gasteiger charge is 2.24. The molecule has 4 aromatic rings. The molecule has 220 valence electrons. The van der Waals surface area contributed by atoms with Crippen LogP contribution in [0.4, 0.5) is 14.5 Å². The summed E-state index contributed by atoms with van der Waals surface area (Å²) in [7, 11) is 0. The van der Waals surface area contributed by atoms with Crippen molar-refractivity contribution in [3.63, 3.8) is 0 Å². The van der Waals surface area contributed by atoms with E-state index in [1.54, 1.807) is 12.1 Å². The summed E-state index contributed by atoms with van der Waals surface area (Å²) in [5.74, 6) is -1.85. The van der Waals surface area contributed by atoms with Crippen molar-refractivity contribution in [2.24, 2.45) is 0 Å². The van der Waals surface area contributed by atoms with Gasteiger partial charge in [-0.15, -0.1) is 12.4 Å². The first kappa shape index (κ1) is 32.1. The molecule has 0 bridgehead atoms. The van der Waals surface area contributed by atoms with Crippen molar-refractivity contribution in [3.05, 3.63) is 101 Å². The minimum atomic E-state index is -1.03. The number of nitrogens with one attached hydrogen (secondary N) is 2. The van der Waals surface area contributed by atoms with Gasteiger partial charge in [0.2, 0.25) is 0 Å². The van der Waals surface area contributed by atoms with Crippen molar-refractivity contribution in [1.29, 1.82) is 0 Å². The average Bonchev–Trinajstić information content (AvgIpc) is 3.34. The van der Waals surface area contributed by atoms with Crippen molar-refractivity contribution in [1.82, 2.24) is 15.2 Å². The second-order valence-corrected chi connectivity index (χ2v) is 10.3. The summed E-state index contributed by atoms with van der Waals surface area (Å²) < 4.78 is 29.9. The molecule has 41 heavy (non-hydrogen) atoms.